The largest absolute Gasteiger partial charge is 0.451 e. The topological polar surface area (TPSA) is 43.4 Å². The first-order valence-corrected chi connectivity index (χ1v) is 5.56. The maximum absolute atomic E-state index is 11.7. The quantitative estimate of drug-likeness (QED) is 0.624. The molecule has 1 aliphatic carbocycles. The molecular formula is C13H12O3. The molecule has 1 heterocycles. The molecule has 0 bridgehead atoms. The monoisotopic (exact) mass is 216 g/mol. The van der Waals surface area contributed by atoms with Crippen LogP contribution in [0.3, 0.4) is 0 Å². The number of ether oxygens (including phenoxy) is 1. The minimum Gasteiger partial charge on any atom is -0.451 e. The van der Waals surface area contributed by atoms with Gasteiger partial charge in [0.15, 0.2) is 0 Å². The number of benzene rings is 1. The maximum Gasteiger partial charge on any atom is 0.339 e. The molecule has 0 unspecified atom stereocenters. The van der Waals surface area contributed by atoms with Gasteiger partial charge in [-0.05, 0) is 18.9 Å². The van der Waals surface area contributed by atoms with Crippen LogP contribution in [0.5, 0.6) is 0 Å². The van der Waals surface area contributed by atoms with Gasteiger partial charge in [0.05, 0.1) is 5.56 Å². The first kappa shape index (κ1) is 9.58. The number of carbonyl (C=O) groups excluding carboxylic acids is 2. The Morgan fingerprint density at radius 3 is 2.50 bits per heavy atom. The van der Waals surface area contributed by atoms with Gasteiger partial charge in [0.1, 0.15) is 11.4 Å². The predicted octanol–water partition coefficient (Wildman–Crippen LogP) is 2.20. The molecule has 0 radical (unpaired) electrons. The van der Waals surface area contributed by atoms with Gasteiger partial charge >= 0.3 is 5.97 Å². The summed E-state index contributed by atoms with van der Waals surface area (Å²) >= 11 is 0. The van der Waals surface area contributed by atoms with E-state index in [0.717, 1.165) is 5.56 Å². The van der Waals surface area contributed by atoms with Gasteiger partial charge in [-0.1, -0.05) is 18.2 Å². The van der Waals surface area contributed by atoms with E-state index in [0.29, 0.717) is 31.2 Å². The molecule has 1 spiro atoms. The highest BCUT2D eigenvalue weighted by Gasteiger charge is 2.46. The second-order valence-electron chi connectivity index (χ2n) is 4.47. The molecule has 0 aromatic heterocycles. The van der Waals surface area contributed by atoms with E-state index in [1.807, 2.05) is 18.2 Å². The number of fused-ring (bicyclic) bond motifs is 2. The van der Waals surface area contributed by atoms with Gasteiger partial charge in [0.25, 0.3) is 0 Å². The van der Waals surface area contributed by atoms with E-state index < -0.39 is 5.60 Å². The van der Waals surface area contributed by atoms with Gasteiger partial charge in [-0.2, -0.15) is 0 Å². The van der Waals surface area contributed by atoms with Crippen LogP contribution in [0.25, 0.3) is 0 Å². The smallest absolute Gasteiger partial charge is 0.339 e. The van der Waals surface area contributed by atoms with E-state index in [2.05, 4.69) is 0 Å². The fourth-order valence-corrected chi connectivity index (χ4v) is 2.65. The predicted molar refractivity (Wildman–Crippen MR) is 57.0 cm³/mol. The first-order chi connectivity index (χ1) is 7.71. The average molecular weight is 216 g/mol. The van der Waals surface area contributed by atoms with Crippen LogP contribution in [0, 0.1) is 0 Å². The summed E-state index contributed by atoms with van der Waals surface area (Å²) in [6.45, 7) is 0. The van der Waals surface area contributed by atoms with Crippen LogP contribution >= 0.6 is 0 Å². The Bertz CT molecular complexity index is 466. The molecule has 1 saturated carbocycles. The molecular weight excluding hydrogens is 204 g/mol. The molecule has 3 nitrogen and oxygen atoms in total. The van der Waals surface area contributed by atoms with Crippen LogP contribution in [0.2, 0.25) is 0 Å². The molecule has 0 saturated heterocycles. The van der Waals surface area contributed by atoms with E-state index in [1.165, 1.54) is 0 Å². The van der Waals surface area contributed by atoms with Crippen molar-refractivity contribution in [3.8, 4) is 0 Å². The maximum atomic E-state index is 11.7. The third-order valence-electron chi connectivity index (χ3n) is 3.54. The number of ketones is 1. The van der Waals surface area contributed by atoms with Crippen LogP contribution in [0.4, 0.5) is 0 Å². The molecule has 1 aromatic carbocycles. The second kappa shape index (κ2) is 3.17. The molecule has 82 valence electrons. The van der Waals surface area contributed by atoms with E-state index in [1.54, 1.807) is 6.07 Å². The van der Waals surface area contributed by atoms with Crippen molar-refractivity contribution in [3.05, 3.63) is 35.4 Å². The summed E-state index contributed by atoms with van der Waals surface area (Å²) in [5, 5.41) is 0. The standard InChI is InChI=1S/C13H12O3/c14-9-5-7-13(8-6-9)11-4-2-1-3-10(11)12(15)16-13/h1-4H,5-8H2. The van der Waals surface area contributed by atoms with Crippen LogP contribution < -0.4 is 0 Å². The molecule has 16 heavy (non-hydrogen) atoms. The number of Topliss-reactive ketones (excluding diaryl/α,β-unsaturated/α-hetero) is 1. The van der Waals surface area contributed by atoms with Gasteiger partial charge in [0, 0.05) is 18.4 Å². The van der Waals surface area contributed by atoms with Crippen molar-refractivity contribution in [2.45, 2.75) is 31.3 Å². The lowest BCUT2D eigenvalue weighted by atomic mass is 9.79. The van der Waals surface area contributed by atoms with Crippen LogP contribution in [-0.2, 0) is 15.1 Å². The highest BCUT2D eigenvalue weighted by atomic mass is 16.6. The zero-order valence-corrected chi connectivity index (χ0v) is 8.86. The number of carbonyl (C=O) groups is 2. The van der Waals surface area contributed by atoms with Gasteiger partial charge in [-0.3, -0.25) is 4.79 Å². The Morgan fingerprint density at radius 2 is 1.75 bits per heavy atom. The second-order valence-corrected chi connectivity index (χ2v) is 4.47. The van der Waals surface area contributed by atoms with Crippen molar-refractivity contribution in [3.63, 3.8) is 0 Å². The molecule has 2 aliphatic rings. The first-order valence-electron chi connectivity index (χ1n) is 5.56. The number of hydrogen-bond acceptors (Lipinski definition) is 3. The molecule has 0 atom stereocenters. The van der Waals surface area contributed by atoms with Crippen molar-refractivity contribution in [2.75, 3.05) is 0 Å². The summed E-state index contributed by atoms with van der Waals surface area (Å²) in [5.74, 6) is 0.0241. The molecule has 1 fully saturated rings. The third kappa shape index (κ3) is 1.21. The Hall–Kier alpha value is -1.64. The highest BCUT2D eigenvalue weighted by molar-refractivity contribution is 5.95. The fourth-order valence-electron chi connectivity index (χ4n) is 2.65. The van der Waals surface area contributed by atoms with Gasteiger partial charge in [-0.25, -0.2) is 4.79 Å². The lowest BCUT2D eigenvalue weighted by Crippen LogP contribution is -2.31. The van der Waals surface area contributed by atoms with Crippen molar-refractivity contribution < 1.29 is 14.3 Å². The Kier molecular flexibility index (Phi) is 1.90. The molecule has 0 amide bonds. The van der Waals surface area contributed by atoms with Gasteiger partial charge < -0.3 is 4.74 Å². The van der Waals surface area contributed by atoms with Crippen LogP contribution in [0.1, 0.15) is 41.6 Å². The highest BCUT2D eigenvalue weighted by Crippen LogP contribution is 2.45. The lowest BCUT2D eigenvalue weighted by Gasteiger charge is -2.31. The van der Waals surface area contributed by atoms with E-state index in [9.17, 15) is 9.59 Å². The average Bonchev–Trinajstić information content (AvgIpc) is 2.58. The Balaban J connectivity index is 2.05. The van der Waals surface area contributed by atoms with Crippen LogP contribution in [-0.4, -0.2) is 11.8 Å². The summed E-state index contributed by atoms with van der Waals surface area (Å²) in [6.07, 6.45) is 2.30. The van der Waals surface area contributed by atoms with Crippen molar-refractivity contribution in [1.29, 1.82) is 0 Å². The molecule has 3 rings (SSSR count). The van der Waals surface area contributed by atoms with Gasteiger partial charge in [-0.15, -0.1) is 0 Å². The van der Waals surface area contributed by atoms with Crippen molar-refractivity contribution in [1.82, 2.24) is 0 Å². The molecule has 0 N–H and O–H groups in total. The number of esters is 1. The Labute approximate surface area is 93.4 Å². The summed E-state index contributed by atoms with van der Waals surface area (Å²) in [4.78, 5) is 23.0. The van der Waals surface area contributed by atoms with E-state index >= 15 is 0 Å². The molecule has 1 aliphatic heterocycles. The van der Waals surface area contributed by atoms with Crippen LogP contribution in [0.15, 0.2) is 24.3 Å². The lowest BCUT2D eigenvalue weighted by molar-refractivity contribution is -0.125. The normalized spacial score (nSPS) is 22.0. The summed E-state index contributed by atoms with van der Waals surface area (Å²) in [6, 6.07) is 7.49. The zero-order chi connectivity index (χ0) is 11.2. The van der Waals surface area contributed by atoms with Crippen molar-refractivity contribution in [2.24, 2.45) is 0 Å². The SMILES string of the molecule is O=C1CCC2(CC1)OC(=O)c1ccccc12. The third-order valence-corrected chi connectivity index (χ3v) is 3.54. The minimum absolute atomic E-state index is 0.245. The molecule has 3 heteroatoms. The summed E-state index contributed by atoms with van der Waals surface area (Å²) in [5.41, 5.74) is 1.12. The summed E-state index contributed by atoms with van der Waals surface area (Å²) < 4.78 is 5.52. The summed E-state index contributed by atoms with van der Waals surface area (Å²) in [7, 11) is 0. The number of hydrogen-bond donors (Lipinski definition) is 0. The van der Waals surface area contributed by atoms with E-state index in [4.69, 9.17) is 4.74 Å². The molecule has 1 aromatic rings. The fraction of sp³-hybridized carbons (Fsp3) is 0.385. The zero-order valence-electron chi connectivity index (χ0n) is 8.86. The number of rotatable bonds is 0. The minimum atomic E-state index is -0.512. The Morgan fingerprint density at radius 1 is 1.06 bits per heavy atom. The van der Waals surface area contributed by atoms with Crippen molar-refractivity contribution >= 4 is 11.8 Å². The van der Waals surface area contributed by atoms with Gasteiger partial charge in [0.2, 0.25) is 0 Å². The van der Waals surface area contributed by atoms with E-state index in [-0.39, 0.29) is 11.8 Å².